The highest BCUT2D eigenvalue weighted by Crippen LogP contribution is 2.61. The number of aryl methyl sites for hydroxylation is 1. The van der Waals surface area contributed by atoms with Crippen LogP contribution in [0.1, 0.15) is 74.0 Å². The summed E-state index contributed by atoms with van der Waals surface area (Å²) in [5.74, 6) is 0.956. The number of fused-ring (bicyclic) bond motifs is 1. The summed E-state index contributed by atoms with van der Waals surface area (Å²) in [5, 5.41) is 11.7. The van der Waals surface area contributed by atoms with E-state index in [4.69, 9.17) is 4.74 Å². The average Bonchev–Trinajstić information content (AvgIpc) is 3.38. The Labute approximate surface area is 231 Å². The van der Waals surface area contributed by atoms with E-state index in [1.807, 2.05) is 11.5 Å². The molecular formula is C28H32BrN3O5S. The lowest BCUT2D eigenvalue weighted by molar-refractivity contribution is -0.0110. The lowest BCUT2D eigenvalue weighted by Gasteiger charge is -2.56. The Morgan fingerprint density at radius 2 is 1.74 bits per heavy atom. The van der Waals surface area contributed by atoms with Gasteiger partial charge in [-0.3, -0.25) is 9.98 Å². The van der Waals surface area contributed by atoms with Crippen molar-refractivity contribution in [2.45, 2.75) is 64.5 Å². The maximum atomic E-state index is 13.7. The van der Waals surface area contributed by atoms with E-state index < -0.39 is 27.3 Å². The minimum absolute atomic E-state index is 0.0154. The number of carbonyl (C=O) groups is 1. The van der Waals surface area contributed by atoms with Gasteiger partial charge in [-0.15, -0.1) is 0 Å². The highest BCUT2D eigenvalue weighted by atomic mass is 79.9. The van der Waals surface area contributed by atoms with Gasteiger partial charge in [-0.25, -0.2) is 4.79 Å². The molecule has 4 aliphatic carbocycles. The van der Waals surface area contributed by atoms with E-state index in [0.717, 1.165) is 19.3 Å². The zero-order valence-corrected chi connectivity index (χ0v) is 24.2. The minimum atomic E-state index is -2.55. The Bertz CT molecular complexity index is 1510. The SMILES string of the molecule is CCOC(=O)c1c(C(=S(=O)=O)C23CC4CC(CC(C4)C2)C3)n(C)c2cc(Br)c(O)c(CC3(C)N=CC=N3)c12. The zero-order chi connectivity index (χ0) is 27.0. The third-order valence-corrected chi connectivity index (χ3v) is 10.7. The number of halogens is 1. The number of phenolic OH excluding ortho intramolecular Hbond substituents is 1. The van der Waals surface area contributed by atoms with Crippen LogP contribution in [0, 0.1) is 23.2 Å². The summed E-state index contributed by atoms with van der Waals surface area (Å²) in [4.78, 5) is 23.0. The Balaban J connectivity index is 1.66. The maximum Gasteiger partial charge on any atom is 0.341 e. The third-order valence-electron chi connectivity index (χ3n) is 9.18. The molecule has 7 rings (SSSR count). The van der Waals surface area contributed by atoms with Gasteiger partial charge in [-0.1, -0.05) is 0 Å². The summed E-state index contributed by atoms with van der Waals surface area (Å²) in [6, 6.07) is 1.74. The maximum absolute atomic E-state index is 13.7. The second kappa shape index (κ2) is 9.05. The van der Waals surface area contributed by atoms with Crippen molar-refractivity contribution in [2.24, 2.45) is 40.2 Å². The van der Waals surface area contributed by atoms with Gasteiger partial charge in [0.2, 0.25) is 10.3 Å². The molecule has 0 radical (unpaired) electrons. The lowest BCUT2D eigenvalue weighted by atomic mass is 9.48. The monoisotopic (exact) mass is 601 g/mol. The summed E-state index contributed by atoms with van der Waals surface area (Å²) in [6.07, 6.45) is 9.46. The number of esters is 1. The molecule has 202 valence electrons. The molecule has 5 aliphatic rings. The van der Waals surface area contributed by atoms with Crippen molar-refractivity contribution < 1.29 is 23.1 Å². The largest absolute Gasteiger partial charge is 0.506 e. The second-order valence-corrected chi connectivity index (χ2v) is 13.5. The first-order valence-corrected chi connectivity index (χ1v) is 15.2. The fourth-order valence-electron chi connectivity index (χ4n) is 8.21. The van der Waals surface area contributed by atoms with Crippen molar-refractivity contribution in [3.05, 3.63) is 27.4 Å². The number of carbonyl (C=O) groups excluding carboxylic acids is 1. The van der Waals surface area contributed by atoms with Crippen LogP contribution in [-0.2, 0) is 28.5 Å². The van der Waals surface area contributed by atoms with Crippen molar-refractivity contribution in [1.29, 1.82) is 0 Å². The number of benzene rings is 1. The smallest absolute Gasteiger partial charge is 0.341 e. The van der Waals surface area contributed by atoms with Crippen LogP contribution in [-0.4, -0.2) is 53.6 Å². The van der Waals surface area contributed by atoms with E-state index in [9.17, 15) is 18.3 Å². The number of ether oxygens (including phenoxy) is 1. The fourth-order valence-corrected chi connectivity index (χ4v) is 9.67. The second-order valence-electron chi connectivity index (χ2n) is 11.8. The van der Waals surface area contributed by atoms with Crippen LogP contribution >= 0.6 is 15.9 Å². The van der Waals surface area contributed by atoms with Crippen molar-refractivity contribution in [3.8, 4) is 5.75 Å². The van der Waals surface area contributed by atoms with Gasteiger partial charge in [0, 0.05) is 42.3 Å². The van der Waals surface area contributed by atoms with Crippen LogP contribution < -0.4 is 0 Å². The average molecular weight is 603 g/mol. The molecule has 8 nitrogen and oxygen atoms in total. The minimum Gasteiger partial charge on any atom is -0.506 e. The molecule has 4 saturated carbocycles. The summed E-state index contributed by atoms with van der Waals surface area (Å²) in [5.41, 5.74) is 0.379. The molecule has 1 aliphatic heterocycles. The summed E-state index contributed by atoms with van der Waals surface area (Å²) >= 11 is 3.48. The number of phenols is 1. The van der Waals surface area contributed by atoms with Crippen LogP contribution in [0.3, 0.4) is 0 Å². The van der Waals surface area contributed by atoms with Crippen molar-refractivity contribution in [1.82, 2.24) is 4.57 Å². The highest BCUT2D eigenvalue weighted by Gasteiger charge is 2.55. The van der Waals surface area contributed by atoms with Gasteiger partial charge in [0.25, 0.3) is 0 Å². The molecule has 2 heterocycles. The number of aromatic hydroxyl groups is 1. The molecule has 0 spiro atoms. The van der Waals surface area contributed by atoms with Crippen LogP contribution in [0.2, 0.25) is 0 Å². The van der Waals surface area contributed by atoms with E-state index in [2.05, 4.69) is 25.9 Å². The summed E-state index contributed by atoms with van der Waals surface area (Å²) in [6.45, 7) is 3.73. The molecule has 10 heteroatoms. The van der Waals surface area contributed by atoms with E-state index >= 15 is 0 Å². The highest BCUT2D eigenvalue weighted by molar-refractivity contribution is 9.10. The number of hydrogen-bond donors (Lipinski definition) is 1. The first kappa shape index (κ1) is 25.8. The van der Waals surface area contributed by atoms with Crippen LogP contribution in [0.5, 0.6) is 5.75 Å². The van der Waals surface area contributed by atoms with Gasteiger partial charge in [0.05, 0.1) is 27.9 Å². The Hall–Kier alpha value is -2.46. The molecule has 0 saturated heterocycles. The quantitative estimate of drug-likeness (QED) is 0.289. The first-order valence-electron chi connectivity index (χ1n) is 13.3. The van der Waals surface area contributed by atoms with Crippen LogP contribution in [0.25, 0.3) is 10.9 Å². The molecule has 1 aromatic carbocycles. The van der Waals surface area contributed by atoms with E-state index in [0.29, 0.717) is 49.3 Å². The number of rotatable bonds is 6. The normalized spacial score (nSPS) is 28.4. The van der Waals surface area contributed by atoms with E-state index in [-0.39, 0.29) is 24.3 Å². The number of nitrogens with zero attached hydrogens (tertiary/aromatic N) is 3. The van der Waals surface area contributed by atoms with Gasteiger partial charge < -0.3 is 14.4 Å². The van der Waals surface area contributed by atoms with E-state index in [1.165, 1.54) is 19.3 Å². The van der Waals surface area contributed by atoms with Crippen LogP contribution in [0.4, 0.5) is 0 Å². The van der Waals surface area contributed by atoms with Crippen molar-refractivity contribution >= 4 is 60.4 Å². The third kappa shape index (κ3) is 3.89. The van der Waals surface area contributed by atoms with Gasteiger partial charge in [-0.05, 0) is 92.1 Å². The molecule has 4 fully saturated rings. The molecule has 0 unspecified atom stereocenters. The van der Waals surface area contributed by atoms with Gasteiger partial charge in [0.15, 0.2) is 5.66 Å². The number of hydrogen-bond acceptors (Lipinski definition) is 7. The molecular weight excluding hydrogens is 570 g/mol. The fraction of sp³-hybridized carbons (Fsp3) is 0.571. The molecule has 1 N–H and O–H groups in total. The molecule has 1 aromatic heterocycles. The van der Waals surface area contributed by atoms with E-state index in [1.54, 1.807) is 32.5 Å². The topological polar surface area (TPSA) is 110 Å². The number of aromatic nitrogens is 1. The van der Waals surface area contributed by atoms with Gasteiger partial charge in [-0.2, -0.15) is 8.42 Å². The van der Waals surface area contributed by atoms with Crippen LogP contribution in [0.15, 0.2) is 20.5 Å². The Morgan fingerprint density at radius 3 is 2.26 bits per heavy atom. The molecule has 4 bridgehead atoms. The standard InChI is InChI=1S/C28H32BrN3O5S/c1-4-37-26(34)22-21-18(14-27(2)30-5-6-31-27)24(33)19(29)10-20(21)32(3)23(22)25(38(35)36)28-11-15-7-16(12-28)9-17(8-15)13-28/h5-6,10,15-17,33H,4,7-9,11-14H2,1-3H3. The Kier molecular flexibility index (Phi) is 6.14. The zero-order valence-electron chi connectivity index (χ0n) is 21.8. The van der Waals surface area contributed by atoms with Crippen molar-refractivity contribution in [3.63, 3.8) is 0 Å². The first-order chi connectivity index (χ1) is 18.1. The molecule has 38 heavy (non-hydrogen) atoms. The van der Waals surface area contributed by atoms with Crippen molar-refractivity contribution in [2.75, 3.05) is 6.61 Å². The molecule has 0 amide bonds. The summed E-state index contributed by atoms with van der Waals surface area (Å²) in [7, 11) is -0.747. The number of aliphatic imine (C=N–C) groups is 2. The Morgan fingerprint density at radius 1 is 1.16 bits per heavy atom. The van der Waals surface area contributed by atoms with Gasteiger partial charge >= 0.3 is 5.97 Å². The predicted octanol–water partition coefficient (Wildman–Crippen LogP) is 4.85. The summed E-state index contributed by atoms with van der Waals surface area (Å²) < 4.78 is 34.3. The predicted molar refractivity (Wildman–Crippen MR) is 151 cm³/mol. The lowest BCUT2D eigenvalue weighted by Crippen LogP contribution is -2.51. The molecule has 2 aromatic rings. The molecule has 0 atom stereocenters. The van der Waals surface area contributed by atoms with Gasteiger partial charge in [0.1, 0.15) is 10.6 Å².